The van der Waals surface area contributed by atoms with Crippen LogP contribution in [0.25, 0.3) is 0 Å². The normalized spacial score (nSPS) is 19.6. The van der Waals surface area contributed by atoms with Crippen LogP contribution in [-0.2, 0) is 4.74 Å². The summed E-state index contributed by atoms with van der Waals surface area (Å²) in [4.78, 5) is 2.45. The molecule has 1 fully saturated rings. The Morgan fingerprint density at radius 1 is 1.52 bits per heavy atom. The monoisotopic (exact) mass is 287 g/mol. The van der Waals surface area contributed by atoms with Crippen LogP contribution >= 0.6 is 0 Å². The molecule has 0 aromatic heterocycles. The third kappa shape index (κ3) is 4.53. The van der Waals surface area contributed by atoms with Gasteiger partial charge in [-0.15, -0.1) is 0 Å². The van der Waals surface area contributed by atoms with E-state index in [4.69, 9.17) is 10.00 Å². The number of benzene rings is 1. The third-order valence-corrected chi connectivity index (χ3v) is 4.25. The molecule has 1 saturated heterocycles. The van der Waals surface area contributed by atoms with Crippen LogP contribution in [0, 0.1) is 11.3 Å². The average molecular weight is 287 g/mol. The van der Waals surface area contributed by atoms with Crippen LogP contribution in [0.5, 0.6) is 0 Å². The van der Waals surface area contributed by atoms with Gasteiger partial charge in [0.05, 0.1) is 18.2 Å². The fourth-order valence-electron chi connectivity index (χ4n) is 2.93. The van der Waals surface area contributed by atoms with Crippen molar-refractivity contribution in [2.45, 2.75) is 31.8 Å². The number of hydrogen-bond donors (Lipinski definition) is 1. The van der Waals surface area contributed by atoms with Crippen molar-refractivity contribution >= 4 is 0 Å². The van der Waals surface area contributed by atoms with Crippen molar-refractivity contribution < 1.29 is 4.74 Å². The van der Waals surface area contributed by atoms with Gasteiger partial charge in [0, 0.05) is 32.3 Å². The first-order chi connectivity index (χ1) is 10.2. The predicted molar refractivity (Wildman–Crippen MR) is 84.0 cm³/mol. The smallest absolute Gasteiger partial charge is 0.0991 e. The lowest BCUT2D eigenvalue weighted by Gasteiger charge is -2.31. The van der Waals surface area contributed by atoms with Crippen molar-refractivity contribution in [3.05, 3.63) is 35.4 Å². The SMILES string of the molecule is COCCN(CC1CCCN1)C(C)c1cccc(C#N)c1. The van der Waals surface area contributed by atoms with Crippen LogP contribution in [0.1, 0.15) is 36.9 Å². The van der Waals surface area contributed by atoms with Crippen molar-refractivity contribution in [2.24, 2.45) is 0 Å². The van der Waals surface area contributed by atoms with E-state index in [9.17, 15) is 0 Å². The summed E-state index contributed by atoms with van der Waals surface area (Å²) >= 11 is 0. The lowest BCUT2D eigenvalue weighted by atomic mass is 10.0. The number of hydrogen-bond acceptors (Lipinski definition) is 4. The number of nitrogens with zero attached hydrogens (tertiary/aromatic N) is 2. The van der Waals surface area contributed by atoms with Gasteiger partial charge in [0.25, 0.3) is 0 Å². The Kier molecular flexibility index (Phi) is 6.19. The lowest BCUT2D eigenvalue weighted by molar-refractivity contribution is 0.118. The van der Waals surface area contributed by atoms with E-state index in [0.29, 0.717) is 6.04 Å². The highest BCUT2D eigenvalue weighted by Gasteiger charge is 2.22. The van der Waals surface area contributed by atoms with E-state index in [1.165, 1.54) is 18.4 Å². The zero-order chi connectivity index (χ0) is 15.1. The van der Waals surface area contributed by atoms with Crippen LogP contribution in [0.4, 0.5) is 0 Å². The van der Waals surface area contributed by atoms with Gasteiger partial charge < -0.3 is 10.1 Å². The van der Waals surface area contributed by atoms with E-state index in [1.54, 1.807) is 7.11 Å². The van der Waals surface area contributed by atoms with Crippen molar-refractivity contribution in [1.29, 1.82) is 5.26 Å². The molecule has 0 aliphatic carbocycles. The van der Waals surface area contributed by atoms with Gasteiger partial charge in [0.2, 0.25) is 0 Å². The highest BCUT2D eigenvalue weighted by Crippen LogP contribution is 2.22. The second-order valence-electron chi connectivity index (χ2n) is 5.69. The number of ether oxygens (including phenoxy) is 1. The molecule has 0 bridgehead atoms. The predicted octanol–water partition coefficient (Wildman–Crippen LogP) is 2.32. The zero-order valence-electron chi connectivity index (χ0n) is 13.0. The average Bonchev–Trinajstić information content (AvgIpc) is 3.03. The Hall–Kier alpha value is -1.41. The maximum atomic E-state index is 9.06. The van der Waals surface area contributed by atoms with E-state index in [2.05, 4.69) is 29.3 Å². The molecule has 1 N–H and O–H groups in total. The first kappa shape index (κ1) is 16.0. The molecule has 2 rings (SSSR count). The van der Waals surface area contributed by atoms with Crippen LogP contribution in [0.15, 0.2) is 24.3 Å². The fourth-order valence-corrected chi connectivity index (χ4v) is 2.93. The standard InChI is InChI=1S/C17H25N3O/c1-14(16-6-3-5-15(11-16)12-18)20(9-10-21-2)13-17-7-4-8-19-17/h3,5-6,11,14,17,19H,4,7-10,13H2,1-2H3. The van der Waals surface area contributed by atoms with Crippen LogP contribution in [0.2, 0.25) is 0 Å². The lowest BCUT2D eigenvalue weighted by Crippen LogP contribution is -2.40. The Balaban J connectivity index is 2.07. The second-order valence-corrected chi connectivity index (χ2v) is 5.69. The summed E-state index contributed by atoms with van der Waals surface area (Å²) in [5.74, 6) is 0. The summed E-state index contributed by atoms with van der Waals surface area (Å²) in [6.07, 6.45) is 2.51. The summed E-state index contributed by atoms with van der Waals surface area (Å²) in [6.45, 7) is 6.01. The molecule has 0 amide bonds. The molecule has 4 heteroatoms. The molecule has 21 heavy (non-hydrogen) atoms. The van der Waals surface area contributed by atoms with Crippen LogP contribution in [0.3, 0.4) is 0 Å². The topological polar surface area (TPSA) is 48.3 Å². The van der Waals surface area contributed by atoms with Gasteiger partial charge in [-0.2, -0.15) is 5.26 Å². The Bertz CT molecular complexity index is 477. The minimum absolute atomic E-state index is 0.288. The van der Waals surface area contributed by atoms with Crippen molar-refractivity contribution in [1.82, 2.24) is 10.2 Å². The zero-order valence-corrected chi connectivity index (χ0v) is 13.0. The molecule has 1 heterocycles. The van der Waals surface area contributed by atoms with Gasteiger partial charge in [0.1, 0.15) is 0 Å². The molecule has 2 atom stereocenters. The Morgan fingerprint density at radius 3 is 3.05 bits per heavy atom. The fraction of sp³-hybridized carbons (Fsp3) is 0.588. The van der Waals surface area contributed by atoms with Gasteiger partial charge in [-0.05, 0) is 44.0 Å². The third-order valence-electron chi connectivity index (χ3n) is 4.25. The van der Waals surface area contributed by atoms with E-state index < -0.39 is 0 Å². The summed E-state index contributed by atoms with van der Waals surface area (Å²) in [6, 6.07) is 11.0. The maximum absolute atomic E-state index is 9.06. The first-order valence-corrected chi connectivity index (χ1v) is 7.71. The number of rotatable bonds is 7. The molecule has 1 aromatic carbocycles. The van der Waals surface area contributed by atoms with E-state index in [0.717, 1.165) is 31.8 Å². The van der Waals surface area contributed by atoms with Crippen molar-refractivity contribution in [3.8, 4) is 6.07 Å². The largest absolute Gasteiger partial charge is 0.383 e. The maximum Gasteiger partial charge on any atom is 0.0991 e. The molecule has 1 aliphatic heterocycles. The van der Waals surface area contributed by atoms with Crippen molar-refractivity contribution in [2.75, 3.05) is 33.4 Å². The van der Waals surface area contributed by atoms with Gasteiger partial charge in [0.15, 0.2) is 0 Å². The molecule has 1 aliphatic rings. The Labute approximate surface area is 127 Å². The quantitative estimate of drug-likeness (QED) is 0.836. The van der Waals surface area contributed by atoms with Gasteiger partial charge >= 0.3 is 0 Å². The molecule has 0 radical (unpaired) electrons. The first-order valence-electron chi connectivity index (χ1n) is 7.71. The molecule has 114 valence electrons. The highest BCUT2D eigenvalue weighted by atomic mass is 16.5. The number of nitriles is 1. The van der Waals surface area contributed by atoms with E-state index in [1.807, 2.05) is 18.2 Å². The minimum Gasteiger partial charge on any atom is -0.383 e. The molecule has 0 spiro atoms. The van der Waals surface area contributed by atoms with Gasteiger partial charge in [-0.25, -0.2) is 0 Å². The molecule has 1 aromatic rings. The summed E-state index contributed by atoms with van der Waals surface area (Å²) in [7, 11) is 1.74. The highest BCUT2D eigenvalue weighted by molar-refractivity contribution is 5.34. The van der Waals surface area contributed by atoms with Crippen LogP contribution < -0.4 is 5.32 Å². The Morgan fingerprint density at radius 2 is 2.38 bits per heavy atom. The minimum atomic E-state index is 0.288. The summed E-state index contributed by atoms with van der Waals surface area (Å²) in [5, 5.41) is 12.6. The van der Waals surface area contributed by atoms with E-state index >= 15 is 0 Å². The van der Waals surface area contributed by atoms with Crippen molar-refractivity contribution in [3.63, 3.8) is 0 Å². The van der Waals surface area contributed by atoms with Gasteiger partial charge in [-0.1, -0.05) is 12.1 Å². The molecular weight excluding hydrogens is 262 g/mol. The van der Waals surface area contributed by atoms with Crippen LogP contribution in [-0.4, -0.2) is 44.3 Å². The summed E-state index contributed by atoms with van der Waals surface area (Å²) in [5.41, 5.74) is 1.92. The molecule has 0 saturated carbocycles. The molecular formula is C17H25N3O. The summed E-state index contributed by atoms with van der Waals surface area (Å²) < 4.78 is 5.25. The number of nitrogens with one attached hydrogen (secondary N) is 1. The second kappa shape index (κ2) is 8.14. The molecule has 4 nitrogen and oxygen atoms in total. The van der Waals surface area contributed by atoms with E-state index in [-0.39, 0.29) is 6.04 Å². The molecule has 2 unspecified atom stereocenters. The number of methoxy groups -OCH3 is 1. The van der Waals surface area contributed by atoms with Gasteiger partial charge in [-0.3, -0.25) is 4.90 Å².